The first-order valence-corrected chi connectivity index (χ1v) is 12.3. The number of halogens is 1. The van der Waals surface area contributed by atoms with Gasteiger partial charge in [0.25, 0.3) is 15.9 Å². The predicted molar refractivity (Wildman–Crippen MR) is 127 cm³/mol. The molecule has 0 spiro atoms. The summed E-state index contributed by atoms with van der Waals surface area (Å²) in [6.07, 6.45) is 0. The van der Waals surface area contributed by atoms with E-state index in [-0.39, 0.29) is 22.8 Å². The summed E-state index contributed by atoms with van der Waals surface area (Å²) in [5, 5.41) is 3.05. The molecule has 11 heteroatoms. The van der Waals surface area contributed by atoms with Crippen molar-refractivity contribution >= 4 is 54.3 Å². The SMILES string of the molecule is CCOC(=O)c1ccc2nc(NC(=O)c3ccc(NS(=O)(=O)c4ccc(F)cc4)cc3)sc2c1. The molecule has 0 aliphatic heterocycles. The molecule has 4 aromatic rings. The largest absolute Gasteiger partial charge is 0.462 e. The van der Waals surface area contributed by atoms with E-state index >= 15 is 0 Å². The van der Waals surface area contributed by atoms with Gasteiger partial charge in [-0.25, -0.2) is 22.6 Å². The molecular formula is C23H18FN3O5S2. The second kappa shape index (κ2) is 9.57. The third kappa shape index (κ3) is 5.21. The number of sulfonamides is 1. The number of amides is 1. The fraction of sp³-hybridized carbons (Fsp3) is 0.0870. The average molecular weight is 500 g/mol. The van der Waals surface area contributed by atoms with Crippen molar-refractivity contribution in [2.75, 3.05) is 16.6 Å². The highest BCUT2D eigenvalue weighted by atomic mass is 32.2. The van der Waals surface area contributed by atoms with Gasteiger partial charge in [0.2, 0.25) is 0 Å². The molecule has 0 radical (unpaired) electrons. The van der Waals surface area contributed by atoms with Crippen LogP contribution in [0.4, 0.5) is 15.2 Å². The van der Waals surface area contributed by atoms with Crippen molar-refractivity contribution in [3.05, 3.63) is 83.7 Å². The van der Waals surface area contributed by atoms with E-state index in [0.29, 0.717) is 20.9 Å². The quantitative estimate of drug-likeness (QED) is 0.357. The van der Waals surface area contributed by atoms with E-state index in [1.807, 2.05) is 0 Å². The van der Waals surface area contributed by atoms with E-state index in [9.17, 15) is 22.4 Å². The lowest BCUT2D eigenvalue weighted by molar-refractivity contribution is 0.0526. The van der Waals surface area contributed by atoms with E-state index in [4.69, 9.17) is 4.74 Å². The molecule has 1 aromatic heterocycles. The fourth-order valence-corrected chi connectivity index (χ4v) is 4.97. The van der Waals surface area contributed by atoms with Gasteiger partial charge in [0.15, 0.2) is 5.13 Å². The molecule has 1 amide bonds. The minimum Gasteiger partial charge on any atom is -0.462 e. The molecule has 2 N–H and O–H groups in total. The van der Waals surface area contributed by atoms with Crippen molar-refractivity contribution in [1.82, 2.24) is 4.98 Å². The smallest absolute Gasteiger partial charge is 0.338 e. The molecule has 0 saturated carbocycles. The van der Waals surface area contributed by atoms with Gasteiger partial charge in [-0.3, -0.25) is 14.8 Å². The van der Waals surface area contributed by atoms with Crippen LogP contribution in [0, 0.1) is 5.82 Å². The molecule has 4 rings (SSSR count). The molecule has 0 unspecified atom stereocenters. The van der Waals surface area contributed by atoms with E-state index < -0.39 is 27.7 Å². The van der Waals surface area contributed by atoms with E-state index in [1.54, 1.807) is 25.1 Å². The van der Waals surface area contributed by atoms with Crippen molar-refractivity contribution in [3.8, 4) is 0 Å². The van der Waals surface area contributed by atoms with Crippen LogP contribution in [0.3, 0.4) is 0 Å². The molecule has 1 heterocycles. The molecule has 3 aromatic carbocycles. The van der Waals surface area contributed by atoms with Crippen molar-refractivity contribution in [2.45, 2.75) is 11.8 Å². The monoisotopic (exact) mass is 499 g/mol. The first-order chi connectivity index (χ1) is 16.2. The molecule has 34 heavy (non-hydrogen) atoms. The van der Waals surface area contributed by atoms with Crippen LogP contribution in [-0.4, -0.2) is 31.9 Å². The van der Waals surface area contributed by atoms with Crippen LogP contribution in [0.1, 0.15) is 27.6 Å². The van der Waals surface area contributed by atoms with E-state index in [2.05, 4.69) is 15.0 Å². The molecule has 174 valence electrons. The van der Waals surface area contributed by atoms with Gasteiger partial charge in [-0.15, -0.1) is 0 Å². The third-order valence-electron chi connectivity index (χ3n) is 4.64. The molecular weight excluding hydrogens is 481 g/mol. The molecule has 8 nitrogen and oxygen atoms in total. The van der Waals surface area contributed by atoms with Crippen LogP contribution < -0.4 is 10.0 Å². The Bertz CT molecular complexity index is 1470. The van der Waals surface area contributed by atoms with Crippen LogP contribution in [0.5, 0.6) is 0 Å². The van der Waals surface area contributed by atoms with Crippen LogP contribution in [0.2, 0.25) is 0 Å². The summed E-state index contributed by atoms with van der Waals surface area (Å²) in [5.41, 5.74) is 1.55. The highest BCUT2D eigenvalue weighted by Crippen LogP contribution is 2.27. The molecule has 0 aliphatic carbocycles. The Hall–Kier alpha value is -3.83. The van der Waals surface area contributed by atoms with Crippen molar-refractivity contribution in [3.63, 3.8) is 0 Å². The number of anilines is 2. The van der Waals surface area contributed by atoms with Gasteiger partial charge in [0.1, 0.15) is 5.82 Å². The Kier molecular flexibility index (Phi) is 6.57. The maximum atomic E-state index is 13.0. The molecule has 0 fully saturated rings. The maximum absolute atomic E-state index is 13.0. The van der Waals surface area contributed by atoms with Gasteiger partial charge < -0.3 is 4.74 Å². The van der Waals surface area contributed by atoms with E-state index in [0.717, 1.165) is 24.3 Å². The van der Waals surface area contributed by atoms with Gasteiger partial charge in [0, 0.05) is 11.3 Å². The van der Waals surface area contributed by atoms with Gasteiger partial charge in [0.05, 0.1) is 27.3 Å². The summed E-state index contributed by atoms with van der Waals surface area (Å²) in [4.78, 5) is 28.8. The minimum atomic E-state index is -3.90. The molecule has 0 aliphatic rings. The predicted octanol–water partition coefficient (Wildman–Crippen LogP) is 4.67. The number of thiazole rings is 1. The van der Waals surface area contributed by atoms with Crippen molar-refractivity contribution < 1.29 is 27.1 Å². The number of hydrogen-bond acceptors (Lipinski definition) is 7. The molecule has 0 saturated heterocycles. The van der Waals surface area contributed by atoms with Crippen LogP contribution >= 0.6 is 11.3 Å². The van der Waals surface area contributed by atoms with Crippen molar-refractivity contribution in [1.29, 1.82) is 0 Å². The Morgan fingerprint density at radius 2 is 1.68 bits per heavy atom. The maximum Gasteiger partial charge on any atom is 0.338 e. The van der Waals surface area contributed by atoms with E-state index in [1.165, 1.54) is 35.6 Å². The zero-order valence-corrected chi connectivity index (χ0v) is 19.4. The average Bonchev–Trinajstić information content (AvgIpc) is 3.21. The van der Waals surface area contributed by atoms with Gasteiger partial charge in [-0.1, -0.05) is 11.3 Å². The second-order valence-corrected chi connectivity index (χ2v) is 9.73. The molecule has 0 bridgehead atoms. The molecule has 0 atom stereocenters. The summed E-state index contributed by atoms with van der Waals surface area (Å²) >= 11 is 1.21. The zero-order chi connectivity index (χ0) is 24.3. The fourth-order valence-electron chi connectivity index (χ4n) is 3.01. The summed E-state index contributed by atoms with van der Waals surface area (Å²) in [5.74, 6) is -1.40. The Labute approximate surface area is 198 Å². The number of fused-ring (bicyclic) bond motifs is 1. The van der Waals surface area contributed by atoms with Crippen LogP contribution in [-0.2, 0) is 14.8 Å². The topological polar surface area (TPSA) is 114 Å². The second-order valence-electron chi connectivity index (χ2n) is 7.01. The zero-order valence-electron chi connectivity index (χ0n) is 17.7. The highest BCUT2D eigenvalue weighted by Gasteiger charge is 2.16. The van der Waals surface area contributed by atoms with Gasteiger partial charge >= 0.3 is 5.97 Å². The number of hydrogen-bond donors (Lipinski definition) is 2. The highest BCUT2D eigenvalue weighted by molar-refractivity contribution is 7.92. The number of rotatable bonds is 7. The lowest BCUT2D eigenvalue weighted by Gasteiger charge is -2.09. The standard InChI is InChI=1S/C23H18FN3O5S2/c1-2-32-22(29)15-5-12-19-20(13-15)33-23(25-19)26-21(28)14-3-8-17(9-4-14)27-34(30,31)18-10-6-16(24)7-11-18/h3-13,27H,2H2,1H3,(H,25,26,28). The summed E-state index contributed by atoms with van der Waals surface area (Å²) in [7, 11) is -3.90. The first kappa shape index (κ1) is 23.3. The Morgan fingerprint density at radius 1 is 1.00 bits per heavy atom. The van der Waals surface area contributed by atoms with Gasteiger partial charge in [-0.05, 0) is 73.7 Å². The number of nitrogens with one attached hydrogen (secondary N) is 2. The van der Waals surface area contributed by atoms with Gasteiger partial charge in [-0.2, -0.15) is 0 Å². The lowest BCUT2D eigenvalue weighted by atomic mass is 10.2. The number of benzene rings is 3. The Balaban J connectivity index is 1.45. The normalized spacial score (nSPS) is 11.2. The summed E-state index contributed by atoms with van der Waals surface area (Å²) < 4.78 is 46.0. The number of esters is 1. The van der Waals surface area contributed by atoms with Crippen molar-refractivity contribution in [2.24, 2.45) is 0 Å². The third-order valence-corrected chi connectivity index (χ3v) is 6.97. The number of aromatic nitrogens is 1. The number of ether oxygens (including phenoxy) is 1. The first-order valence-electron chi connectivity index (χ1n) is 10.0. The number of carbonyl (C=O) groups excluding carboxylic acids is 2. The van der Waals surface area contributed by atoms with Crippen LogP contribution in [0.15, 0.2) is 71.6 Å². The number of nitrogens with zero attached hydrogens (tertiary/aromatic N) is 1. The lowest BCUT2D eigenvalue weighted by Crippen LogP contribution is -2.14. The number of carbonyl (C=O) groups is 2. The summed E-state index contributed by atoms with van der Waals surface area (Å²) in [6.45, 7) is 2.00. The minimum absolute atomic E-state index is 0.0855. The summed E-state index contributed by atoms with van der Waals surface area (Å²) in [6, 6.07) is 15.2. The van der Waals surface area contributed by atoms with Crippen LogP contribution in [0.25, 0.3) is 10.2 Å². The Morgan fingerprint density at radius 3 is 2.35 bits per heavy atom.